The minimum atomic E-state index is -1.12. The van der Waals surface area contributed by atoms with Crippen molar-refractivity contribution in [2.75, 3.05) is 19.8 Å². The molecule has 0 bridgehead atoms. The number of carbonyl (C=O) groups excluding carboxylic acids is 1. The zero-order valence-electron chi connectivity index (χ0n) is 11.0. The molecule has 1 amide bonds. The molecule has 1 atom stereocenters. The molecule has 0 aromatic heterocycles. The van der Waals surface area contributed by atoms with Crippen LogP contribution < -0.4 is 0 Å². The van der Waals surface area contributed by atoms with Gasteiger partial charge in [0.2, 0.25) is 5.91 Å². The minimum Gasteiger partial charge on any atom is -0.480 e. The van der Waals surface area contributed by atoms with Gasteiger partial charge in [-0.3, -0.25) is 4.79 Å². The highest BCUT2D eigenvalue weighted by Crippen LogP contribution is 2.17. The Bertz CT molecular complexity index is 590. The van der Waals surface area contributed by atoms with E-state index >= 15 is 0 Å². The van der Waals surface area contributed by atoms with Crippen LogP contribution in [-0.2, 0) is 14.3 Å². The maximum Gasteiger partial charge on any atom is 0.328 e. The highest BCUT2D eigenvalue weighted by atomic mass is 79.9. The van der Waals surface area contributed by atoms with E-state index in [-0.39, 0.29) is 25.3 Å². The molecule has 1 unspecified atom stereocenters. The van der Waals surface area contributed by atoms with Gasteiger partial charge >= 0.3 is 5.97 Å². The number of carbonyl (C=O) groups is 2. The molecular formula is C14H13BrFNO4. The molecule has 112 valence electrons. The van der Waals surface area contributed by atoms with Crippen molar-refractivity contribution in [3.05, 3.63) is 40.1 Å². The summed E-state index contributed by atoms with van der Waals surface area (Å²) in [4.78, 5) is 24.4. The number of rotatable bonds is 3. The predicted molar refractivity (Wildman–Crippen MR) is 77.1 cm³/mol. The normalized spacial score (nSPS) is 19.0. The number of halogens is 2. The number of carboxylic acids is 1. The molecule has 21 heavy (non-hydrogen) atoms. The second-order valence-corrected chi connectivity index (χ2v) is 5.38. The van der Waals surface area contributed by atoms with E-state index in [1.807, 2.05) is 0 Å². The van der Waals surface area contributed by atoms with Crippen molar-refractivity contribution in [2.45, 2.75) is 6.04 Å². The Morgan fingerprint density at radius 3 is 2.95 bits per heavy atom. The number of aliphatic carboxylic acids is 1. The fourth-order valence-electron chi connectivity index (χ4n) is 1.97. The third kappa shape index (κ3) is 3.89. The molecule has 1 N–H and O–H groups in total. The molecule has 2 rings (SSSR count). The number of hydrogen-bond acceptors (Lipinski definition) is 3. The number of benzene rings is 1. The van der Waals surface area contributed by atoms with Crippen molar-refractivity contribution in [3.8, 4) is 0 Å². The van der Waals surface area contributed by atoms with Crippen LogP contribution in [0.4, 0.5) is 4.39 Å². The van der Waals surface area contributed by atoms with Gasteiger partial charge in [0.1, 0.15) is 5.82 Å². The Labute approximate surface area is 129 Å². The Kier molecular flexibility index (Phi) is 5.08. The summed E-state index contributed by atoms with van der Waals surface area (Å²) in [6, 6.07) is 3.36. The van der Waals surface area contributed by atoms with Crippen LogP contribution in [0.5, 0.6) is 0 Å². The van der Waals surface area contributed by atoms with Gasteiger partial charge in [-0.2, -0.15) is 0 Å². The first-order valence-corrected chi connectivity index (χ1v) is 7.02. The first kappa shape index (κ1) is 15.7. The lowest BCUT2D eigenvalue weighted by Crippen LogP contribution is -2.52. The van der Waals surface area contributed by atoms with E-state index in [4.69, 9.17) is 9.84 Å². The van der Waals surface area contributed by atoms with Crippen LogP contribution in [0.15, 0.2) is 28.7 Å². The van der Waals surface area contributed by atoms with Gasteiger partial charge < -0.3 is 14.7 Å². The molecule has 0 radical (unpaired) electrons. The van der Waals surface area contributed by atoms with E-state index < -0.39 is 23.7 Å². The fourth-order valence-corrected chi connectivity index (χ4v) is 2.35. The number of morpholine rings is 1. The molecular weight excluding hydrogens is 345 g/mol. The second kappa shape index (κ2) is 6.82. The van der Waals surface area contributed by atoms with Crippen LogP contribution in [0.25, 0.3) is 6.08 Å². The minimum absolute atomic E-state index is 0.0415. The number of nitrogens with zero attached hydrogens (tertiary/aromatic N) is 1. The fraction of sp³-hybridized carbons (Fsp3) is 0.286. The van der Waals surface area contributed by atoms with Crippen LogP contribution in [0.1, 0.15) is 5.56 Å². The van der Waals surface area contributed by atoms with Gasteiger partial charge in [0.15, 0.2) is 6.04 Å². The molecule has 5 nitrogen and oxygen atoms in total. The largest absolute Gasteiger partial charge is 0.480 e. The standard InChI is InChI=1S/C14H13BrFNO4/c15-10-2-3-11(16)9(7-10)1-4-13(18)17-5-6-21-8-12(17)14(19)20/h1-4,7,12H,5-6,8H2,(H,19,20). The SMILES string of the molecule is O=C(O)C1COCCN1C(=O)C=Cc1cc(Br)ccc1F. The Morgan fingerprint density at radius 2 is 2.24 bits per heavy atom. The Morgan fingerprint density at radius 1 is 1.48 bits per heavy atom. The van der Waals surface area contributed by atoms with Crippen molar-refractivity contribution < 1.29 is 23.8 Å². The molecule has 1 aliphatic rings. The number of ether oxygens (including phenoxy) is 1. The van der Waals surface area contributed by atoms with Crippen molar-refractivity contribution in [2.24, 2.45) is 0 Å². The van der Waals surface area contributed by atoms with Gasteiger partial charge in [-0.15, -0.1) is 0 Å². The summed E-state index contributed by atoms with van der Waals surface area (Å²) in [5.41, 5.74) is 0.248. The summed E-state index contributed by atoms with van der Waals surface area (Å²) in [7, 11) is 0. The summed E-state index contributed by atoms with van der Waals surface area (Å²) >= 11 is 3.22. The summed E-state index contributed by atoms with van der Waals surface area (Å²) in [5.74, 6) is -2.06. The molecule has 7 heteroatoms. The van der Waals surface area contributed by atoms with Gasteiger partial charge in [0, 0.05) is 22.7 Å². The smallest absolute Gasteiger partial charge is 0.328 e. The third-order valence-corrected chi connectivity index (χ3v) is 3.55. The van der Waals surface area contributed by atoms with E-state index in [0.717, 1.165) is 0 Å². The Balaban J connectivity index is 2.14. The topological polar surface area (TPSA) is 66.8 Å². The second-order valence-electron chi connectivity index (χ2n) is 4.46. The van der Waals surface area contributed by atoms with Crippen LogP contribution in [-0.4, -0.2) is 47.7 Å². The van der Waals surface area contributed by atoms with Crippen LogP contribution in [0.3, 0.4) is 0 Å². The molecule has 1 saturated heterocycles. The van der Waals surface area contributed by atoms with E-state index in [2.05, 4.69) is 15.9 Å². The molecule has 0 spiro atoms. The van der Waals surface area contributed by atoms with Gasteiger partial charge in [-0.25, -0.2) is 9.18 Å². The highest BCUT2D eigenvalue weighted by Gasteiger charge is 2.31. The molecule has 1 aromatic carbocycles. The summed E-state index contributed by atoms with van der Waals surface area (Å²) in [5, 5.41) is 9.06. The summed E-state index contributed by atoms with van der Waals surface area (Å²) < 4.78 is 19.3. The van der Waals surface area contributed by atoms with E-state index in [9.17, 15) is 14.0 Å². The summed E-state index contributed by atoms with van der Waals surface area (Å²) in [6.45, 7) is 0.440. The third-order valence-electron chi connectivity index (χ3n) is 3.06. The quantitative estimate of drug-likeness (QED) is 0.839. The zero-order valence-corrected chi connectivity index (χ0v) is 12.5. The first-order chi connectivity index (χ1) is 9.99. The number of amides is 1. The molecule has 1 aliphatic heterocycles. The van der Waals surface area contributed by atoms with Crippen molar-refractivity contribution in [1.82, 2.24) is 4.90 Å². The van der Waals surface area contributed by atoms with Gasteiger partial charge in [0.05, 0.1) is 13.2 Å². The maximum absolute atomic E-state index is 13.6. The van der Waals surface area contributed by atoms with Crippen LogP contribution in [0.2, 0.25) is 0 Å². The van der Waals surface area contributed by atoms with Crippen LogP contribution >= 0.6 is 15.9 Å². The monoisotopic (exact) mass is 357 g/mol. The maximum atomic E-state index is 13.6. The molecule has 1 heterocycles. The van der Waals surface area contributed by atoms with Gasteiger partial charge in [-0.05, 0) is 24.3 Å². The first-order valence-electron chi connectivity index (χ1n) is 6.23. The van der Waals surface area contributed by atoms with E-state index in [0.29, 0.717) is 4.47 Å². The average molecular weight is 358 g/mol. The van der Waals surface area contributed by atoms with E-state index in [1.165, 1.54) is 29.2 Å². The average Bonchev–Trinajstić information content (AvgIpc) is 2.47. The van der Waals surface area contributed by atoms with Gasteiger partial charge in [-0.1, -0.05) is 15.9 Å². The lowest BCUT2D eigenvalue weighted by molar-refractivity contribution is -0.156. The molecule has 0 aliphatic carbocycles. The zero-order chi connectivity index (χ0) is 15.4. The Hall–Kier alpha value is -1.73. The highest BCUT2D eigenvalue weighted by molar-refractivity contribution is 9.10. The predicted octanol–water partition coefficient (Wildman–Crippen LogP) is 1.91. The van der Waals surface area contributed by atoms with Crippen molar-refractivity contribution >= 4 is 33.9 Å². The van der Waals surface area contributed by atoms with Crippen molar-refractivity contribution in [1.29, 1.82) is 0 Å². The molecule has 0 saturated carbocycles. The summed E-state index contributed by atoms with van der Waals surface area (Å²) in [6.07, 6.45) is 2.50. The number of hydrogen-bond donors (Lipinski definition) is 1. The lowest BCUT2D eigenvalue weighted by Gasteiger charge is -2.31. The van der Waals surface area contributed by atoms with Crippen LogP contribution in [0, 0.1) is 5.82 Å². The van der Waals surface area contributed by atoms with Gasteiger partial charge in [0.25, 0.3) is 0 Å². The molecule has 1 aromatic rings. The van der Waals surface area contributed by atoms with E-state index in [1.54, 1.807) is 6.07 Å². The van der Waals surface area contributed by atoms with Crippen molar-refractivity contribution in [3.63, 3.8) is 0 Å². The number of carboxylic acid groups (broad SMARTS) is 1. The lowest BCUT2D eigenvalue weighted by atomic mass is 10.2. The molecule has 1 fully saturated rings.